The molecule has 0 fully saturated rings. The minimum atomic E-state index is -8.31. The highest BCUT2D eigenvalue weighted by Crippen LogP contribution is 2.60. The van der Waals surface area contributed by atoms with Gasteiger partial charge in [0, 0.05) is 0 Å². The molecule has 0 atom stereocenters. The van der Waals surface area contributed by atoms with Gasteiger partial charge in [0.2, 0.25) is 11.6 Å². The lowest BCUT2D eigenvalue weighted by atomic mass is 9.91. The third-order valence-electron chi connectivity index (χ3n) is 5.82. The van der Waals surface area contributed by atoms with Crippen molar-refractivity contribution in [2.75, 3.05) is 13.2 Å². The number of rotatable bonds is 13. The van der Waals surface area contributed by atoms with Crippen LogP contribution in [0.15, 0.2) is 13.2 Å². The van der Waals surface area contributed by atoms with Gasteiger partial charge in [-0.25, -0.2) is 26.3 Å². The van der Waals surface area contributed by atoms with Crippen LogP contribution in [0.4, 0.5) is 87.8 Å². The van der Waals surface area contributed by atoms with Gasteiger partial charge < -0.3 is 9.47 Å². The molecule has 0 aliphatic carbocycles. The minimum Gasteiger partial charge on any atom is -0.481 e. The number of hydrogen-bond donors (Lipinski definition) is 0. The monoisotopic (exact) mass is 710 g/mol. The largest absolute Gasteiger partial charge is 0.481 e. The Hall–Kier alpha value is -3.88. The van der Waals surface area contributed by atoms with Crippen LogP contribution in [-0.4, -0.2) is 48.7 Å². The number of ether oxygens (including phenoxy) is 2. The van der Waals surface area contributed by atoms with Crippen molar-refractivity contribution in [1.29, 1.82) is 0 Å². The summed E-state index contributed by atoms with van der Waals surface area (Å²) >= 11 is 0. The van der Waals surface area contributed by atoms with Crippen molar-refractivity contribution in [3.8, 4) is 11.5 Å². The van der Waals surface area contributed by atoms with Crippen LogP contribution in [0.1, 0.15) is 11.1 Å². The summed E-state index contributed by atoms with van der Waals surface area (Å²) in [6.45, 7) is -1.88. The molecular weight excluding hydrogens is 700 g/mol. The average molecular weight is 710 g/mol. The SMILES string of the molecule is C=Cc1c(F)c(F)c(F)c(OCC(F)(F)C(F)(F)C(F)(F)C(F)(F)C(F)(F)C(F)(F)COc2c(F)c(F)c(F)c(C=C)c2F)c1F. The van der Waals surface area contributed by atoms with E-state index in [0.29, 0.717) is 0 Å². The van der Waals surface area contributed by atoms with E-state index in [9.17, 15) is 87.8 Å². The average Bonchev–Trinajstić information content (AvgIpc) is 2.94. The van der Waals surface area contributed by atoms with E-state index in [0.717, 1.165) is 0 Å². The van der Waals surface area contributed by atoms with Gasteiger partial charge in [0.1, 0.15) is 0 Å². The second kappa shape index (κ2) is 12.0. The molecule has 0 radical (unpaired) electrons. The Morgan fingerprint density at radius 1 is 0.391 bits per heavy atom. The van der Waals surface area contributed by atoms with E-state index < -0.39 is 118 Å². The maximum Gasteiger partial charge on any atom is 0.384 e. The molecule has 2 aromatic rings. The van der Waals surface area contributed by atoms with Crippen LogP contribution in [0, 0.1) is 46.5 Å². The fourth-order valence-electron chi connectivity index (χ4n) is 3.23. The number of halogens is 20. The molecule has 0 heterocycles. The maximum absolute atomic E-state index is 14.1. The first kappa shape index (κ1) is 38.3. The zero-order chi connectivity index (χ0) is 36.2. The van der Waals surface area contributed by atoms with Crippen molar-refractivity contribution < 1.29 is 97.3 Å². The van der Waals surface area contributed by atoms with Crippen LogP contribution in [0.2, 0.25) is 0 Å². The molecule has 258 valence electrons. The van der Waals surface area contributed by atoms with E-state index in [-0.39, 0.29) is 12.2 Å². The molecular formula is C24H10F20O2. The van der Waals surface area contributed by atoms with Crippen LogP contribution in [0.5, 0.6) is 11.5 Å². The summed E-state index contributed by atoms with van der Waals surface area (Å²) in [5.74, 6) is -72.9. The number of alkyl halides is 12. The van der Waals surface area contributed by atoms with Crippen molar-refractivity contribution in [1.82, 2.24) is 0 Å². The van der Waals surface area contributed by atoms with E-state index >= 15 is 0 Å². The molecule has 0 aromatic heterocycles. The molecule has 0 amide bonds. The zero-order valence-electron chi connectivity index (χ0n) is 21.4. The van der Waals surface area contributed by atoms with Crippen molar-refractivity contribution in [2.45, 2.75) is 35.5 Å². The predicted molar refractivity (Wildman–Crippen MR) is 113 cm³/mol. The van der Waals surface area contributed by atoms with Gasteiger partial charge in [-0.05, 0) is 0 Å². The van der Waals surface area contributed by atoms with E-state index in [4.69, 9.17) is 0 Å². The van der Waals surface area contributed by atoms with Crippen LogP contribution < -0.4 is 9.47 Å². The maximum atomic E-state index is 14.1. The normalized spacial score (nSPS) is 13.6. The highest BCUT2D eigenvalue weighted by atomic mass is 19.4. The van der Waals surface area contributed by atoms with E-state index in [1.54, 1.807) is 0 Å². The topological polar surface area (TPSA) is 18.5 Å². The smallest absolute Gasteiger partial charge is 0.384 e. The summed E-state index contributed by atoms with van der Waals surface area (Å²) in [5, 5.41) is 0. The lowest BCUT2D eigenvalue weighted by molar-refractivity contribution is -0.427. The first-order valence-corrected chi connectivity index (χ1v) is 11.1. The zero-order valence-corrected chi connectivity index (χ0v) is 21.4. The van der Waals surface area contributed by atoms with Gasteiger partial charge in [0.05, 0.1) is 11.1 Å². The van der Waals surface area contributed by atoms with Crippen molar-refractivity contribution in [3.63, 3.8) is 0 Å². The molecule has 2 nitrogen and oxygen atoms in total. The Morgan fingerprint density at radius 3 is 0.891 bits per heavy atom. The second-order valence-electron chi connectivity index (χ2n) is 8.69. The summed E-state index contributed by atoms with van der Waals surface area (Å²) < 4.78 is 286. The predicted octanol–water partition coefficient (Wildman–Crippen LogP) is 9.35. The summed E-state index contributed by atoms with van der Waals surface area (Å²) in [6, 6.07) is 0. The molecule has 2 rings (SSSR count). The number of benzene rings is 2. The summed E-state index contributed by atoms with van der Waals surface area (Å²) in [4.78, 5) is 0. The molecule has 0 saturated heterocycles. The molecule has 0 unspecified atom stereocenters. The molecule has 0 bridgehead atoms. The number of hydrogen-bond acceptors (Lipinski definition) is 2. The molecule has 46 heavy (non-hydrogen) atoms. The van der Waals surface area contributed by atoms with E-state index in [1.165, 1.54) is 0 Å². The van der Waals surface area contributed by atoms with Gasteiger partial charge in [0.15, 0.2) is 59.6 Å². The summed E-state index contributed by atoms with van der Waals surface area (Å²) in [6.07, 6.45) is 0.0579. The minimum absolute atomic E-state index is 0.0290. The van der Waals surface area contributed by atoms with E-state index in [2.05, 4.69) is 22.6 Å². The van der Waals surface area contributed by atoms with Crippen LogP contribution in [0.3, 0.4) is 0 Å². The molecule has 0 aliphatic rings. The molecule has 0 spiro atoms. The Morgan fingerprint density at radius 2 is 0.652 bits per heavy atom. The summed E-state index contributed by atoms with van der Waals surface area (Å²) in [7, 11) is 0. The fourth-order valence-corrected chi connectivity index (χ4v) is 3.23. The van der Waals surface area contributed by atoms with Crippen LogP contribution in [0.25, 0.3) is 12.2 Å². The highest BCUT2D eigenvalue weighted by Gasteiger charge is 2.90. The summed E-state index contributed by atoms with van der Waals surface area (Å²) in [5.41, 5.74) is -3.46. The first-order chi connectivity index (χ1) is 20.6. The van der Waals surface area contributed by atoms with Gasteiger partial charge in [0.25, 0.3) is 0 Å². The third-order valence-corrected chi connectivity index (χ3v) is 5.82. The quantitative estimate of drug-likeness (QED) is 0.117. The molecule has 22 heteroatoms. The van der Waals surface area contributed by atoms with Crippen molar-refractivity contribution in [3.05, 3.63) is 70.8 Å². The Bertz CT molecular complexity index is 1420. The van der Waals surface area contributed by atoms with Crippen LogP contribution in [-0.2, 0) is 0 Å². The fraction of sp³-hybridized carbons (Fsp3) is 0.333. The Balaban J connectivity index is 2.49. The van der Waals surface area contributed by atoms with Gasteiger partial charge in [-0.3, -0.25) is 0 Å². The lowest BCUT2D eigenvalue weighted by Crippen LogP contribution is -2.71. The van der Waals surface area contributed by atoms with Gasteiger partial charge in [-0.15, -0.1) is 0 Å². The van der Waals surface area contributed by atoms with Gasteiger partial charge in [-0.1, -0.05) is 25.3 Å². The molecule has 0 aliphatic heterocycles. The standard InChI is InChI=1S/C24H10F20O2/c1-3-7-9(25)13(29)15(31)17(11(7)27)45-5-19(33,34)21(37,38)23(41,42)24(43,44)22(39,40)20(35,36)6-46-18-12(28)8(4-2)10(26)14(30)16(18)32/h3-4H,1-2,5-6H2. The van der Waals surface area contributed by atoms with Crippen LogP contribution >= 0.6 is 0 Å². The van der Waals surface area contributed by atoms with Crippen molar-refractivity contribution in [2.24, 2.45) is 0 Å². The van der Waals surface area contributed by atoms with Crippen molar-refractivity contribution >= 4 is 12.2 Å². The second-order valence-corrected chi connectivity index (χ2v) is 8.69. The van der Waals surface area contributed by atoms with E-state index in [1.807, 2.05) is 0 Å². The molecule has 0 saturated carbocycles. The highest BCUT2D eigenvalue weighted by molar-refractivity contribution is 5.54. The molecule has 0 N–H and O–H groups in total. The lowest BCUT2D eigenvalue weighted by Gasteiger charge is -2.41. The molecule has 2 aromatic carbocycles. The van der Waals surface area contributed by atoms with Gasteiger partial charge >= 0.3 is 35.5 Å². The Labute approximate surface area is 241 Å². The van der Waals surface area contributed by atoms with Gasteiger partial charge in [-0.2, -0.15) is 61.5 Å². The third kappa shape index (κ3) is 5.56. The first-order valence-electron chi connectivity index (χ1n) is 11.1. The Kier molecular flexibility index (Phi) is 10.0.